The Morgan fingerprint density at radius 1 is 1.05 bits per heavy atom. The van der Waals surface area contributed by atoms with E-state index < -0.39 is 0 Å². The third-order valence-corrected chi connectivity index (χ3v) is 3.53. The van der Waals surface area contributed by atoms with Gasteiger partial charge in [0.15, 0.2) is 0 Å². The van der Waals surface area contributed by atoms with Gasteiger partial charge in [0.05, 0.1) is 10.9 Å². The number of hydrogen-bond acceptors (Lipinski definition) is 2. The van der Waals surface area contributed by atoms with Crippen molar-refractivity contribution in [2.24, 2.45) is 0 Å². The molecule has 0 atom stereocenters. The number of nitrogens with one attached hydrogen (secondary N) is 1. The summed E-state index contributed by atoms with van der Waals surface area (Å²) < 4.78 is 5.82. The van der Waals surface area contributed by atoms with Gasteiger partial charge < -0.3 is 9.40 Å². The second-order valence-corrected chi connectivity index (χ2v) is 4.88. The summed E-state index contributed by atoms with van der Waals surface area (Å²) in [6.45, 7) is 0. The first-order valence-electron chi connectivity index (χ1n) is 5.87. The Hall–Kier alpha value is -2.26. The second-order valence-electron chi connectivity index (χ2n) is 4.45. The van der Waals surface area contributed by atoms with Crippen molar-refractivity contribution >= 4 is 44.4 Å². The van der Waals surface area contributed by atoms with E-state index in [4.69, 9.17) is 16.0 Å². The zero-order chi connectivity index (χ0) is 13.0. The largest absolute Gasteiger partial charge is 0.455 e. The van der Waals surface area contributed by atoms with Crippen LogP contribution in [-0.4, -0.2) is 4.98 Å². The number of hydrogen-bond donors (Lipinski definition) is 1. The van der Waals surface area contributed by atoms with Crippen LogP contribution >= 0.6 is 11.6 Å². The second kappa shape index (κ2) is 3.62. The van der Waals surface area contributed by atoms with Crippen LogP contribution in [0.2, 0.25) is 5.02 Å². The van der Waals surface area contributed by atoms with Gasteiger partial charge in [-0.2, -0.15) is 0 Å². The fraction of sp³-hybridized carbons (Fsp3) is 0. The van der Waals surface area contributed by atoms with Crippen molar-refractivity contribution in [1.29, 1.82) is 0 Å². The summed E-state index contributed by atoms with van der Waals surface area (Å²) in [5.74, 6) is 0. The highest BCUT2D eigenvalue weighted by Crippen LogP contribution is 2.31. The Morgan fingerprint density at radius 2 is 1.89 bits per heavy atom. The summed E-state index contributed by atoms with van der Waals surface area (Å²) in [4.78, 5) is 15.1. The Labute approximate surface area is 112 Å². The molecule has 19 heavy (non-hydrogen) atoms. The molecule has 0 saturated carbocycles. The molecule has 0 saturated heterocycles. The third kappa shape index (κ3) is 1.42. The number of para-hydroxylation sites is 1. The smallest absolute Gasteiger partial charge is 0.260 e. The molecule has 4 aromatic rings. The van der Waals surface area contributed by atoms with E-state index in [0.717, 1.165) is 16.3 Å². The molecule has 92 valence electrons. The minimum absolute atomic E-state index is 0.158. The number of furan rings is 1. The molecule has 2 heterocycles. The molecule has 1 N–H and O–H groups in total. The van der Waals surface area contributed by atoms with Crippen molar-refractivity contribution in [2.45, 2.75) is 0 Å². The average Bonchev–Trinajstić information content (AvgIpc) is 2.78. The Kier molecular flexibility index (Phi) is 2.03. The molecular formula is C15H8ClNO2. The van der Waals surface area contributed by atoms with Crippen LogP contribution in [0, 0.1) is 0 Å². The summed E-state index contributed by atoms with van der Waals surface area (Å²) in [6.07, 6.45) is 0. The summed E-state index contributed by atoms with van der Waals surface area (Å²) in [5.41, 5.74) is 1.89. The first-order valence-corrected chi connectivity index (χ1v) is 6.24. The maximum Gasteiger partial charge on any atom is 0.260 e. The fourth-order valence-corrected chi connectivity index (χ4v) is 2.63. The van der Waals surface area contributed by atoms with Crippen LogP contribution in [0.5, 0.6) is 0 Å². The number of rotatable bonds is 0. The molecule has 0 aliphatic carbocycles. The predicted molar refractivity (Wildman–Crippen MR) is 76.9 cm³/mol. The van der Waals surface area contributed by atoms with Gasteiger partial charge in [0, 0.05) is 15.8 Å². The third-order valence-electron chi connectivity index (χ3n) is 3.30. The lowest BCUT2D eigenvalue weighted by molar-refractivity contribution is 0.672. The van der Waals surface area contributed by atoms with Crippen LogP contribution in [0.4, 0.5) is 0 Å². The van der Waals surface area contributed by atoms with Crippen LogP contribution < -0.4 is 5.56 Å². The highest BCUT2D eigenvalue weighted by molar-refractivity contribution is 6.31. The van der Waals surface area contributed by atoms with Gasteiger partial charge in [0.25, 0.3) is 5.56 Å². The monoisotopic (exact) mass is 269 g/mol. The Bertz CT molecular complexity index is 997. The average molecular weight is 270 g/mol. The van der Waals surface area contributed by atoms with E-state index in [-0.39, 0.29) is 5.56 Å². The summed E-state index contributed by atoms with van der Waals surface area (Å²) in [6, 6.07) is 12.9. The lowest BCUT2D eigenvalue weighted by Crippen LogP contribution is -2.04. The normalized spacial score (nSPS) is 11.6. The zero-order valence-corrected chi connectivity index (χ0v) is 10.5. The van der Waals surface area contributed by atoms with E-state index in [1.165, 1.54) is 0 Å². The molecule has 2 aromatic heterocycles. The number of benzene rings is 2. The molecule has 3 nitrogen and oxygen atoms in total. The molecule has 0 radical (unpaired) electrons. The van der Waals surface area contributed by atoms with Gasteiger partial charge in [-0.25, -0.2) is 0 Å². The van der Waals surface area contributed by atoms with Crippen molar-refractivity contribution in [2.75, 3.05) is 0 Å². The molecule has 0 amide bonds. The van der Waals surface area contributed by atoms with E-state index in [2.05, 4.69) is 4.98 Å². The number of H-pyrrole nitrogens is 1. The van der Waals surface area contributed by atoms with Crippen molar-refractivity contribution in [3.05, 3.63) is 57.8 Å². The minimum atomic E-state index is -0.158. The van der Waals surface area contributed by atoms with Crippen molar-refractivity contribution in [1.82, 2.24) is 4.98 Å². The fourth-order valence-electron chi connectivity index (χ4n) is 2.46. The van der Waals surface area contributed by atoms with E-state index in [9.17, 15) is 4.79 Å². The molecule has 0 aliphatic rings. The van der Waals surface area contributed by atoms with Crippen LogP contribution in [0.1, 0.15) is 0 Å². The molecule has 0 aliphatic heterocycles. The topological polar surface area (TPSA) is 46.0 Å². The van der Waals surface area contributed by atoms with Crippen molar-refractivity contribution in [3.8, 4) is 0 Å². The lowest BCUT2D eigenvalue weighted by Gasteiger charge is -1.97. The molecular weight excluding hydrogens is 262 g/mol. The minimum Gasteiger partial charge on any atom is -0.455 e. The SMILES string of the molecule is O=c1[nH]c2ccccc2c2oc3ccc(Cl)cc3c12. The highest BCUT2D eigenvalue weighted by atomic mass is 35.5. The Morgan fingerprint density at radius 3 is 2.79 bits per heavy atom. The van der Waals surface area contributed by atoms with Gasteiger partial charge in [0.2, 0.25) is 0 Å². The lowest BCUT2D eigenvalue weighted by atomic mass is 10.1. The summed E-state index contributed by atoms with van der Waals surface area (Å²) in [5, 5.41) is 2.78. The van der Waals surface area contributed by atoms with Crippen LogP contribution in [0.25, 0.3) is 32.8 Å². The number of halogens is 1. The maximum absolute atomic E-state index is 12.2. The zero-order valence-electron chi connectivity index (χ0n) is 9.74. The molecule has 0 fully saturated rings. The van der Waals surface area contributed by atoms with Crippen LogP contribution in [-0.2, 0) is 0 Å². The van der Waals surface area contributed by atoms with Gasteiger partial charge in [-0.15, -0.1) is 0 Å². The van der Waals surface area contributed by atoms with E-state index in [0.29, 0.717) is 21.6 Å². The van der Waals surface area contributed by atoms with Gasteiger partial charge in [-0.3, -0.25) is 4.79 Å². The molecule has 4 rings (SSSR count). The molecule has 4 heteroatoms. The van der Waals surface area contributed by atoms with E-state index >= 15 is 0 Å². The maximum atomic E-state index is 12.2. The van der Waals surface area contributed by atoms with Gasteiger partial charge >= 0.3 is 0 Å². The summed E-state index contributed by atoms with van der Waals surface area (Å²) >= 11 is 5.99. The van der Waals surface area contributed by atoms with E-state index in [1.54, 1.807) is 18.2 Å². The Balaban J connectivity index is 2.38. The quantitative estimate of drug-likeness (QED) is 0.523. The van der Waals surface area contributed by atoms with Crippen molar-refractivity contribution < 1.29 is 4.42 Å². The molecule has 2 aromatic carbocycles. The van der Waals surface area contributed by atoms with Crippen molar-refractivity contribution in [3.63, 3.8) is 0 Å². The molecule has 0 unspecified atom stereocenters. The highest BCUT2D eigenvalue weighted by Gasteiger charge is 2.13. The predicted octanol–water partition coefficient (Wildman–Crippen LogP) is 4.08. The number of fused-ring (bicyclic) bond motifs is 5. The molecule has 0 bridgehead atoms. The molecule has 0 spiro atoms. The number of pyridine rings is 1. The summed E-state index contributed by atoms with van der Waals surface area (Å²) in [7, 11) is 0. The van der Waals surface area contributed by atoms with Gasteiger partial charge in [-0.05, 0) is 30.3 Å². The number of aromatic amines is 1. The van der Waals surface area contributed by atoms with Crippen LogP contribution in [0.15, 0.2) is 51.7 Å². The van der Waals surface area contributed by atoms with Gasteiger partial charge in [-0.1, -0.05) is 23.7 Å². The van der Waals surface area contributed by atoms with Crippen LogP contribution in [0.3, 0.4) is 0 Å². The standard InChI is InChI=1S/C15H8ClNO2/c16-8-5-6-12-10(7-8)13-14(19-12)9-3-1-2-4-11(9)17-15(13)18/h1-7H,(H,17,18). The first-order chi connectivity index (χ1) is 9.24. The number of aromatic nitrogens is 1. The first kappa shape index (κ1) is 10.6. The van der Waals surface area contributed by atoms with Gasteiger partial charge in [0.1, 0.15) is 11.2 Å². The van der Waals surface area contributed by atoms with E-state index in [1.807, 2.05) is 24.3 Å².